The van der Waals surface area contributed by atoms with Gasteiger partial charge in [0.05, 0.1) is 13.1 Å². The fraction of sp³-hybridized carbons (Fsp3) is 0.300. The van der Waals surface area contributed by atoms with E-state index in [-0.39, 0.29) is 11.8 Å². The van der Waals surface area contributed by atoms with Gasteiger partial charge in [-0.2, -0.15) is 0 Å². The van der Waals surface area contributed by atoms with Crippen molar-refractivity contribution >= 4 is 45.1 Å². The van der Waals surface area contributed by atoms with E-state index >= 15 is 0 Å². The summed E-state index contributed by atoms with van der Waals surface area (Å²) in [4.78, 5) is 38.5. The number of fused-ring (bicyclic) bond motifs is 2. The first-order valence-corrected chi connectivity index (χ1v) is 19.4. The van der Waals surface area contributed by atoms with Crippen LogP contribution in [0.3, 0.4) is 0 Å². The van der Waals surface area contributed by atoms with Crippen molar-refractivity contribution in [3.63, 3.8) is 0 Å². The fourth-order valence-electron chi connectivity index (χ4n) is 6.78. The quantitative estimate of drug-likeness (QED) is 0.167. The van der Waals surface area contributed by atoms with Crippen LogP contribution in [-0.2, 0) is 13.1 Å². The SMILES string of the molecule is CCN.CCNc1ccc2c(c1)CN(c1cccc(-c3nncn3C3CC3)n1)C2=O.O=C1c2ccc(Br)cc2CN1c1cccc(-c2nncn2C2CC2)n1. The van der Waals surface area contributed by atoms with Crippen LogP contribution in [0.1, 0.15) is 83.5 Å². The number of aromatic nitrogens is 8. The van der Waals surface area contributed by atoms with E-state index in [9.17, 15) is 9.59 Å². The Balaban J connectivity index is 0.000000146. The van der Waals surface area contributed by atoms with E-state index in [1.807, 2.05) is 79.7 Å². The first kappa shape index (κ1) is 36.2. The van der Waals surface area contributed by atoms with Crippen molar-refractivity contribution in [2.45, 2.75) is 64.7 Å². The summed E-state index contributed by atoms with van der Waals surface area (Å²) in [5.41, 5.74) is 10.9. The van der Waals surface area contributed by atoms with Crippen LogP contribution in [0.4, 0.5) is 17.3 Å². The van der Waals surface area contributed by atoms with Crippen LogP contribution in [0.2, 0.25) is 0 Å². The molecule has 4 aliphatic rings. The van der Waals surface area contributed by atoms with Crippen molar-refractivity contribution < 1.29 is 9.59 Å². The van der Waals surface area contributed by atoms with Gasteiger partial charge in [-0.1, -0.05) is 35.0 Å². The maximum absolute atomic E-state index is 12.9. The molecule has 0 radical (unpaired) electrons. The number of hydrogen-bond donors (Lipinski definition) is 2. The van der Waals surface area contributed by atoms with Crippen molar-refractivity contribution in [2.24, 2.45) is 5.73 Å². The minimum atomic E-state index is -0.0178. The minimum Gasteiger partial charge on any atom is -0.385 e. The van der Waals surface area contributed by atoms with Gasteiger partial charge in [0, 0.05) is 39.9 Å². The molecule has 55 heavy (non-hydrogen) atoms. The molecule has 14 nitrogen and oxygen atoms in total. The Bertz CT molecular complexity index is 2370. The average molecular weight is 802 g/mol. The van der Waals surface area contributed by atoms with Gasteiger partial charge in [-0.3, -0.25) is 19.4 Å². The Hall–Kier alpha value is -5.80. The zero-order valence-electron chi connectivity index (χ0n) is 30.6. The number of halogens is 1. The molecule has 2 fully saturated rings. The second kappa shape index (κ2) is 15.5. The number of amides is 2. The van der Waals surface area contributed by atoms with E-state index in [0.717, 1.165) is 94.2 Å². The van der Waals surface area contributed by atoms with Gasteiger partial charge in [0.15, 0.2) is 11.6 Å². The average Bonchev–Trinajstić information content (AvgIpc) is 4.06. The molecule has 0 saturated heterocycles. The number of nitrogens with one attached hydrogen (secondary N) is 1. The van der Waals surface area contributed by atoms with Crippen molar-refractivity contribution in [1.82, 2.24) is 39.5 Å². The molecule has 2 aliphatic carbocycles. The second-order valence-electron chi connectivity index (χ2n) is 13.7. The Kier molecular flexibility index (Phi) is 10.2. The lowest BCUT2D eigenvalue weighted by molar-refractivity contribution is 0.0988. The Morgan fingerprint density at radius 3 is 1.69 bits per heavy atom. The maximum Gasteiger partial charge on any atom is 0.260 e. The van der Waals surface area contributed by atoms with E-state index in [2.05, 4.69) is 57.7 Å². The molecule has 2 saturated carbocycles. The second-order valence-corrected chi connectivity index (χ2v) is 14.7. The highest BCUT2D eigenvalue weighted by Crippen LogP contribution is 2.39. The molecule has 0 unspecified atom stereocenters. The summed E-state index contributed by atoms with van der Waals surface area (Å²) in [5, 5.41) is 19.8. The van der Waals surface area contributed by atoms with Gasteiger partial charge < -0.3 is 20.2 Å². The predicted octanol–water partition coefficient (Wildman–Crippen LogP) is 6.83. The van der Waals surface area contributed by atoms with E-state index in [1.165, 1.54) is 0 Å². The Morgan fingerprint density at radius 1 is 0.709 bits per heavy atom. The van der Waals surface area contributed by atoms with Crippen molar-refractivity contribution in [3.05, 3.63) is 112 Å². The zero-order chi connectivity index (χ0) is 38.1. The molecular formula is C40H41BrN12O2. The third-order valence-corrected chi connectivity index (χ3v) is 10.2. The molecule has 6 aromatic rings. The first-order chi connectivity index (χ1) is 26.9. The van der Waals surface area contributed by atoms with E-state index in [4.69, 9.17) is 15.7 Å². The monoisotopic (exact) mass is 800 g/mol. The molecular weight excluding hydrogens is 760 g/mol. The van der Waals surface area contributed by atoms with Crippen LogP contribution in [0, 0.1) is 0 Å². The van der Waals surface area contributed by atoms with Gasteiger partial charge >= 0.3 is 0 Å². The normalized spacial score (nSPS) is 15.6. The van der Waals surface area contributed by atoms with Crippen LogP contribution in [0.15, 0.2) is 89.9 Å². The summed E-state index contributed by atoms with van der Waals surface area (Å²) in [7, 11) is 0. The predicted molar refractivity (Wildman–Crippen MR) is 214 cm³/mol. The lowest BCUT2D eigenvalue weighted by atomic mass is 10.1. The summed E-state index contributed by atoms with van der Waals surface area (Å²) in [6.07, 6.45) is 8.13. The number of rotatable bonds is 8. The van der Waals surface area contributed by atoms with Gasteiger partial charge in [0.25, 0.3) is 11.8 Å². The zero-order valence-corrected chi connectivity index (χ0v) is 32.2. The summed E-state index contributed by atoms with van der Waals surface area (Å²) in [5.74, 6) is 2.77. The lowest BCUT2D eigenvalue weighted by Gasteiger charge is -2.15. The number of anilines is 3. The van der Waals surface area contributed by atoms with Gasteiger partial charge in [0.1, 0.15) is 35.7 Å². The van der Waals surface area contributed by atoms with Crippen LogP contribution in [0.25, 0.3) is 23.0 Å². The standard InChI is InChI=1S/C20H20N6O.C18H14BrN5O.C2H7N/c1-2-21-14-6-9-16-13(10-14)11-25(20(16)27)18-5-3-4-17(23-18)19-24-22-12-26(19)15-7-8-15;19-12-4-7-14-11(8-12)9-23(18(14)25)16-3-1-2-15(21-16)17-22-20-10-24(17)13-5-6-13;1-2-3/h3-6,9-10,12,15,21H,2,7-8,11H2,1H3;1-4,7-8,10,13H,5-6,9H2;2-3H2,1H3. The number of carbonyl (C=O) groups excluding carboxylic acids is 2. The number of nitrogens with zero attached hydrogens (tertiary/aromatic N) is 10. The molecule has 0 atom stereocenters. The highest BCUT2D eigenvalue weighted by atomic mass is 79.9. The van der Waals surface area contributed by atoms with Crippen molar-refractivity contribution in [2.75, 3.05) is 28.2 Å². The van der Waals surface area contributed by atoms with E-state index in [1.54, 1.807) is 22.5 Å². The summed E-state index contributed by atoms with van der Waals surface area (Å²) in [6.45, 7) is 6.61. The highest BCUT2D eigenvalue weighted by molar-refractivity contribution is 9.10. The number of benzene rings is 2. The van der Waals surface area contributed by atoms with Crippen LogP contribution in [0.5, 0.6) is 0 Å². The number of carbonyl (C=O) groups is 2. The number of pyridine rings is 2. The topological polar surface area (TPSA) is 166 Å². The third-order valence-electron chi connectivity index (χ3n) is 9.67. The van der Waals surface area contributed by atoms with Crippen molar-refractivity contribution in [1.29, 1.82) is 0 Å². The molecule has 6 heterocycles. The van der Waals surface area contributed by atoms with E-state index < -0.39 is 0 Å². The summed E-state index contributed by atoms with van der Waals surface area (Å²) < 4.78 is 5.12. The Labute approximate surface area is 327 Å². The van der Waals surface area contributed by atoms with Crippen LogP contribution >= 0.6 is 15.9 Å². The molecule has 3 N–H and O–H groups in total. The Morgan fingerprint density at radius 2 is 1.20 bits per heavy atom. The molecule has 4 aromatic heterocycles. The molecule has 2 aliphatic heterocycles. The molecule has 2 amide bonds. The minimum absolute atomic E-state index is 0.0126. The highest BCUT2D eigenvalue weighted by Gasteiger charge is 2.32. The van der Waals surface area contributed by atoms with Crippen LogP contribution in [-0.4, -0.2) is 64.4 Å². The molecule has 280 valence electrons. The first-order valence-electron chi connectivity index (χ1n) is 18.6. The molecule has 15 heteroatoms. The van der Waals surface area contributed by atoms with Crippen LogP contribution < -0.4 is 20.9 Å². The smallest absolute Gasteiger partial charge is 0.260 e. The number of hydrogen-bond acceptors (Lipinski definition) is 10. The summed E-state index contributed by atoms with van der Waals surface area (Å²) >= 11 is 3.46. The molecule has 0 spiro atoms. The largest absolute Gasteiger partial charge is 0.385 e. The molecule has 10 rings (SSSR count). The van der Waals surface area contributed by atoms with Gasteiger partial charge in [0.2, 0.25) is 0 Å². The molecule has 0 bridgehead atoms. The maximum atomic E-state index is 12.9. The van der Waals surface area contributed by atoms with E-state index in [0.29, 0.717) is 36.8 Å². The van der Waals surface area contributed by atoms with Gasteiger partial charge in [-0.15, -0.1) is 20.4 Å². The van der Waals surface area contributed by atoms with Crippen molar-refractivity contribution in [3.8, 4) is 23.0 Å². The lowest BCUT2D eigenvalue weighted by Crippen LogP contribution is -2.24. The van der Waals surface area contributed by atoms with Gasteiger partial charge in [-0.05, 0) is 111 Å². The third kappa shape index (κ3) is 7.49. The van der Waals surface area contributed by atoms with Gasteiger partial charge in [-0.25, -0.2) is 9.97 Å². The fourth-order valence-corrected chi connectivity index (χ4v) is 7.19. The summed E-state index contributed by atoms with van der Waals surface area (Å²) in [6, 6.07) is 24.0. The molecule has 2 aromatic carbocycles. The number of nitrogens with two attached hydrogens (primary N) is 1.